The number of carbonyl (C=O) groups is 1. The van der Waals surface area contributed by atoms with Crippen LogP contribution in [0.3, 0.4) is 0 Å². The number of aromatic amines is 1. The molecule has 1 amide bonds. The van der Waals surface area contributed by atoms with Gasteiger partial charge in [-0.05, 0) is 31.9 Å². The van der Waals surface area contributed by atoms with Crippen molar-refractivity contribution < 1.29 is 9.53 Å². The first kappa shape index (κ1) is 17.3. The zero-order valence-corrected chi connectivity index (χ0v) is 15.4. The molecule has 0 aliphatic carbocycles. The molecular formula is C20H23N5O2. The van der Waals surface area contributed by atoms with Gasteiger partial charge >= 0.3 is 0 Å². The van der Waals surface area contributed by atoms with Gasteiger partial charge in [0.2, 0.25) is 5.88 Å². The lowest BCUT2D eigenvalue weighted by Gasteiger charge is -2.17. The Bertz CT molecular complexity index is 913. The lowest BCUT2D eigenvalue weighted by atomic mass is 10.2. The molecule has 27 heavy (non-hydrogen) atoms. The van der Waals surface area contributed by atoms with E-state index in [1.165, 1.54) is 12.8 Å². The lowest BCUT2D eigenvalue weighted by Crippen LogP contribution is -2.28. The summed E-state index contributed by atoms with van der Waals surface area (Å²) in [5.41, 5.74) is 1.50. The minimum absolute atomic E-state index is 0.147. The lowest BCUT2D eigenvalue weighted by molar-refractivity contribution is 0.0942. The number of nitrogens with one attached hydrogen (secondary N) is 2. The Kier molecular flexibility index (Phi) is 4.91. The van der Waals surface area contributed by atoms with Crippen molar-refractivity contribution in [2.24, 2.45) is 0 Å². The average Bonchev–Trinajstić information content (AvgIpc) is 3.34. The number of anilines is 1. The van der Waals surface area contributed by atoms with Crippen LogP contribution in [0.5, 0.6) is 5.88 Å². The van der Waals surface area contributed by atoms with Crippen molar-refractivity contribution in [1.29, 1.82) is 0 Å². The van der Waals surface area contributed by atoms with Crippen molar-refractivity contribution in [3.05, 3.63) is 47.9 Å². The highest BCUT2D eigenvalue weighted by molar-refractivity contribution is 5.97. The Morgan fingerprint density at radius 2 is 2.04 bits per heavy atom. The zero-order chi connectivity index (χ0) is 18.6. The highest BCUT2D eigenvalue weighted by Crippen LogP contribution is 2.21. The van der Waals surface area contributed by atoms with Crippen LogP contribution in [0, 0.1) is 6.92 Å². The van der Waals surface area contributed by atoms with Crippen LogP contribution in [0.1, 0.15) is 29.2 Å². The van der Waals surface area contributed by atoms with Crippen LogP contribution in [0.2, 0.25) is 0 Å². The molecule has 7 heteroatoms. The number of para-hydroxylation sites is 1. The Labute approximate surface area is 157 Å². The number of hydrogen-bond donors (Lipinski definition) is 2. The van der Waals surface area contributed by atoms with E-state index in [-0.39, 0.29) is 5.91 Å². The van der Waals surface area contributed by atoms with Crippen LogP contribution in [-0.2, 0) is 0 Å². The maximum atomic E-state index is 12.3. The summed E-state index contributed by atoms with van der Waals surface area (Å²) in [6.07, 6.45) is 2.39. The standard InChI is InChI=1S/C20H23N5O2/c1-14-22-18(25-9-4-5-10-25)13-19(23-14)27-11-8-21-20(26)17-12-15-6-2-3-7-16(15)24-17/h2-3,6-7,12-13,24H,4-5,8-11H2,1H3,(H,21,26). The second-order valence-electron chi connectivity index (χ2n) is 6.68. The quantitative estimate of drug-likeness (QED) is 0.656. The number of hydrogen-bond acceptors (Lipinski definition) is 5. The molecule has 140 valence electrons. The van der Waals surface area contributed by atoms with E-state index in [1.54, 1.807) is 0 Å². The SMILES string of the molecule is Cc1nc(OCCNC(=O)c2cc3ccccc3[nH]2)cc(N2CCCC2)n1. The second kappa shape index (κ2) is 7.65. The molecule has 0 unspecified atom stereocenters. The topological polar surface area (TPSA) is 83.1 Å². The number of aryl methyl sites for hydroxylation is 1. The van der Waals surface area contributed by atoms with E-state index in [0.29, 0.717) is 30.5 Å². The van der Waals surface area contributed by atoms with Gasteiger partial charge in [0.05, 0.1) is 6.54 Å². The first-order valence-electron chi connectivity index (χ1n) is 9.28. The summed E-state index contributed by atoms with van der Waals surface area (Å²) in [6.45, 7) is 4.66. The van der Waals surface area contributed by atoms with Crippen molar-refractivity contribution in [2.45, 2.75) is 19.8 Å². The molecule has 0 bridgehead atoms. The molecule has 0 saturated carbocycles. The van der Waals surface area contributed by atoms with Crippen molar-refractivity contribution in [3.63, 3.8) is 0 Å². The summed E-state index contributed by atoms with van der Waals surface area (Å²) in [7, 11) is 0. The number of carbonyl (C=O) groups excluding carboxylic acids is 1. The van der Waals surface area contributed by atoms with Crippen molar-refractivity contribution in [1.82, 2.24) is 20.3 Å². The van der Waals surface area contributed by atoms with Gasteiger partial charge in [-0.15, -0.1) is 0 Å². The number of benzene rings is 1. The van der Waals surface area contributed by atoms with Crippen LogP contribution in [-0.4, -0.2) is 47.1 Å². The number of amides is 1. The normalized spacial score (nSPS) is 13.9. The van der Waals surface area contributed by atoms with Gasteiger partial charge < -0.3 is 19.9 Å². The van der Waals surface area contributed by atoms with E-state index in [4.69, 9.17) is 4.74 Å². The maximum absolute atomic E-state index is 12.3. The minimum Gasteiger partial charge on any atom is -0.476 e. The van der Waals surface area contributed by atoms with Crippen molar-refractivity contribution in [3.8, 4) is 5.88 Å². The molecule has 1 aliphatic rings. The smallest absolute Gasteiger partial charge is 0.267 e. The maximum Gasteiger partial charge on any atom is 0.267 e. The third kappa shape index (κ3) is 4.02. The molecule has 3 aromatic rings. The fourth-order valence-corrected chi connectivity index (χ4v) is 3.32. The molecule has 0 atom stereocenters. The van der Waals surface area contributed by atoms with Crippen LogP contribution >= 0.6 is 0 Å². The molecule has 1 fully saturated rings. The molecule has 0 radical (unpaired) electrons. The highest BCUT2D eigenvalue weighted by Gasteiger charge is 2.15. The largest absolute Gasteiger partial charge is 0.476 e. The van der Waals surface area contributed by atoms with Crippen LogP contribution < -0.4 is 15.0 Å². The van der Waals surface area contributed by atoms with E-state index < -0.39 is 0 Å². The number of ether oxygens (including phenoxy) is 1. The Morgan fingerprint density at radius 1 is 1.22 bits per heavy atom. The van der Waals surface area contributed by atoms with E-state index in [2.05, 4.69) is 25.2 Å². The number of H-pyrrole nitrogens is 1. The van der Waals surface area contributed by atoms with Gasteiger partial charge in [-0.3, -0.25) is 4.79 Å². The van der Waals surface area contributed by atoms with Crippen LogP contribution in [0.15, 0.2) is 36.4 Å². The molecule has 7 nitrogen and oxygen atoms in total. The van der Waals surface area contributed by atoms with E-state index >= 15 is 0 Å². The monoisotopic (exact) mass is 365 g/mol. The number of nitrogens with zero attached hydrogens (tertiary/aromatic N) is 3. The molecule has 3 heterocycles. The summed E-state index contributed by atoms with van der Waals surface area (Å²) in [5.74, 6) is 2.00. The van der Waals surface area contributed by atoms with E-state index in [1.807, 2.05) is 43.3 Å². The summed E-state index contributed by atoms with van der Waals surface area (Å²) < 4.78 is 5.73. The first-order chi connectivity index (χ1) is 13.2. The van der Waals surface area contributed by atoms with Gasteiger partial charge in [-0.1, -0.05) is 18.2 Å². The summed E-state index contributed by atoms with van der Waals surface area (Å²) in [5, 5.41) is 3.88. The zero-order valence-electron chi connectivity index (χ0n) is 15.4. The van der Waals surface area contributed by atoms with Crippen LogP contribution in [0.4, 0.5) is 5.82 Å². The number of aromatic nitrogens is 3. The Morgan fingerprint density at radius 3 is 2.85 bits per heavy atom. The predicted octanol–water partition coefficient (Wildman–Crippen LogP) is 2.68. The summed E-state index contributed by atoms with van der Waals surface area (Å²) >= 11 is 0. The Balaban J connectivity index is 1.31. The Hall–Kier alpha value is -3.09. The summed E-state index contributed by atoms with van der Waals surface area (Å²) in [6, 6.07) is 11.5. The second-order valence-corrected chi connectivity index (χ2v) is 6.68. The molecular weight excluding hydrogens is 342 g/mol. The number of rotatable bonds is 6. The highest BCUT2D eigenvalue weighted by atomic mass is 16.5. The minimum atomic E-state index is -0.147. The molecule has 1 saturated heterocycles. The first-order valence-corrected chi connectivity index (χ1v) is 9.28. The van der Waals surface area contributed by atoms with Crippen molar-refractivity contribution in [2.75, 3.05) is 31.1 Å². The van der Waals surface area contributed by atoms with Gasteiger partial charge in [0.15, 0.2) is 0 Å². The molecule has 1 aliphatic heterocycles. The van der Waals surface area contributed by atoms with Crippen molar-refractivity contribution >= 4 is 22.6 Å². The molecule has 2 N–H and O–H groups in total. The van der Waals surface area contributed by atoms with E-state index in [9.17, 15) is 4.79 Å². The average molecular weight is 365 g/mol. The fraction of sp³-hybridized carbons (Fsp3) is 0.350. The third-order valence-corrected chi connectivity index (χ3v) is 4.64. The van der Waals surface area contributed by atoms with Gasteiger partial charge in [0, 0.05) is 30.1 Å². The fourth-order valence-electron chi connectivity index (χ4n) is 3.32. The molecule has 4 rings (SSSR count). The van der Waals surface area contributed by atoms with Gasteiger partial charge in [0.25, 0.3) is 5.91 Å². The van der Waals surface area contributed by atoms with E-state index in [0.717, 1.165) is 29.8 Å². The molecule has 0 spiro atoms. The molecule has 2 aromatic heterocycles. The summed E-state index contributed by atoms with van der Waals surface area (Å²) in [4.78, 5) is 26.5. The van der Waals surface area contributed by atoms with Gasteiger partial charge in [-0.2, -0.15) is 4.98 Å². The van der Waals surface area contributed by atoms with Crippen LogP contribution in [0.25, 0.3) is 10.9 Å². The number of fused-ring (bicyclic) bond motifs is 1. The van der Waals surface area contributed by atoms with Gasteiger partial charge in [-0.25, -0.2) is 4.98 Å². The predicted molar refractivity (Wildman–Crippen MR) is 104 cm³/mol. The van der Waals surface area contributed by atoms with Gasteiger partial charge in [0.1, 0.15) is 23.9 Å². The molecule has 1 aromatic carbocycles. The third-order valence-electron chi connectivity index (χ3n) is 4.64.